The van der Waals surface area contributed by atoms with Gasteiger partial charge < -0.3 is 10.2 Å². The molecule has 186 valence electrons. The highest BCUT2D eigenvalue weighted by molar-refractivity contribution is 6.12. The second kappa shape index (κ2) is 10.1. The van der Waals surface area contributed by atoms with Crippen LogP contribution in [0, 0.1) is 29.9 Å². The van der Waals surface area contributed by atoms with E-state index >= 15 is 0 Å². The number of nitrogens with zero attached hydrogens (tertiary/aromatic N) is 3. The summed E-state index contributed by atoms with van der Waals surface area (Å²) in [5.41, 5.74) is 4.32. The van der Waals surface area contributed by atoms with Gasteiger partial charge in [0.2, 0.25) is 0 Å². The number of carbonyl (C=O) groups excluding carboxylic acids is 1. The van der Waals surface area contributed by atoms with E-state index in [0.29, 0.717) is 45.3 Å². The molecule has 0 radical (unpaired) electrons. The maximum absolute atomic E-state index is 14.3. The van der Waals surface area contributed by atoms with Gasteiger partial charge in [-0.1, -0.05) is 12.1 Å². The van der Waals surface area contributed by atoms with Crippen molar-refractivity contribution in [3.05, 3.63) is 89.1 Å². The van der Waals surface area contributed by atoms with E-state index in [4.69, 9.17) is 0 Å². The lowest BCUT2D eigenvalue weighted by Gasteiger charge is -2.24. The quantitative estimate of drug-likeness (QED) is 0.376. The van der Waals surface area contributed by atoms with Gasteiger partial charge in [0, 0.05) is 36.8 Å². The molecule has 1 fully saturated rings. The Kier molecular flexibility index (Phi) is 6.68. The summed E-state index contributed by atoms with van der Waals surface area (Å²) in [6.45, 7) is 3.34. The van der Waals surface area contributed by atoms with Crippen LogP contribution in [0.1, 0.15) is 34.3 Å². The van der Waals surface area contributed by atoms with Crippen LogP contribution >= 0.6 is 0 Å². The zero-order valence-corrected chi connectivity index (χ0v) is 20.7. The van der Waals surface area contributed by atoms with Crippen molar-refractivity contribution >= 4 is 16.8 Å². The van der Waals surface area contributed by atoms with E-state index in [1.165, 1.54) is 24.3 Å². The molecule has 4 aromatic rings. The number of aromatic nitrogens is 1. The van der Waals surface area contributed by atoms with Crippen LogP contribution in [-0.4, -0.2) is 42.0 Å². The fraction of sp³-hybridized carbons (Fsp3) is 0.233. The van der Waals surface area contributed by atoms with E-state index in [2.05, 4.69) is 10.3 Å². The summed E-state index contributed by atoms with van der Waals surface area (Å²) in [6.07, 6.45) is 3.68. The first-order valence-electron chi connectivity index (χ1n) is 12.2. The fourth-order valence-electron chi connectivity index (χ4n) is 5.03. The molecule has 1 aromatic heterocycles. The van der Waals surface area contributed by atoms with Crippen LogP contribution in [0.25, 0.3) is 33.2 Å². The van der Waals surface area contributed by atoms with Crippen molar-refractivity contribution < 1.29 is 13.6 Å². The summed E-state index contributed by atoms with van der Waals surface area (Å²) < 4.78 is 28.5. The average molecular weight is 497 g/mol. The van der Waals surface area contributed by atoms with Crippen LogP contribution in [0.4, 0.5) is 8.78 Å². The fourth-order valence-corrected chi connectivity index (χ4v) is 5.03. The maximum atomic E-state index is 14.3. The molecule has 0 unspecified atom stereocenters. The molecule has 5 rings (SSSR count). The molecule has 3 aromatic carbocycles. The number of nitriles is 1. The van der Waals surface area contributed by atoms with Crippen LogP contribution < -0.4 is 5.32 Å². The van der Waals surface area contributed by atoms with Gasteiger partial charge in [-0.25, -0.2) is 8.78 Å². The van der Waals surface area contributed by atoms with Gasteiger partial charge in [0.1, 0.15) is 11.6 Å². The van der Waals surface area contributed by atoms with Crippen LogP contribution in [-0.2, 0) is 0 Å². The molecule has 37 heavy (non-hydrogen) atoms. The predicted octanol–water partition coefficient (Wildman–Crippen LogP) is 5.85. The van der Waals surface area contributed by atoms with Gasteiger partial charge in [0.05, 0.1) is 22.7 Å². The van der Waals surface area contributed by atoms with Crippen molar-refractivity contribution in [2.24, 2.45) is 0 Å². The zero-order valence-electron chi connectivity index (χ0n) is 20.7. The van der Waals surface area contributed by atoms with E-state index in [-0.39, 0.29) is 17.5 Å². The summed E-state index contributed by atoms with van der Waals surface area (Å²) in [5.74, 6) is -1.12. The van der Waals surface area contributed by atoms with Gasteiger partial charge >= 0.3 is 0 Å². The number of pyridine rings is 1. The SMILES string of the molecule is Cc1ccc(F)cc1-c1cnc2ccc(-c3cc(F)cc(C#N)c3)cc2c1C(=O)N(C)C[C@@H]1CCCN1. The number of benzene rings is 3. The summed E-state index contributed by atoms with van der Waals surface area (Å²) in [5, 5.41) is 13.3. The Morgan fingerprint density at radius 2 is 1.92 bits per heavy atom. The number of rotatable bonds is 5. The van der Waals surface area contributed by atoms with Crippen LogP contribution in [0.2, 0.25) is 0 Å². The average Bonchev–Trinajstić information content (AvgIpc) is 3.41. The molecule has 1 aliphatic rings. The third-order valence-corrected chi connectivity index (χ3v) is 6.94. The second-order valence-corrected chi connectivity index (χ2v) is 9.56. The van der Waals surface area contributed by atoms with E-state index in [9.17, 15) is 18.8 Å². The van der Waals surface area contributed by atoms with Crippen molar-refractivity contribution in [1.82, 2.24) is 15.2 Å². The largest absolute Gasteiger partial charge is 0.340 e. The molecule has 0 bridgehead atoms. The first-order chi connectivity index (χ1) is 17.8. The molecule has 2 heterocycles. The number of fused-ring (bicyclic) bond motifs is 1. The Morgan fingerprint density at radius 1 is 1.08 bits per heavy atom. The highest BCUT2D eigenvalue weighted by atomic mass is 19.1. The van der Waals surface area contributed by atoms with Gasteiger partial charge in [-0.15, -0.1) is 0 Å². The number of hydrogen-bond acceptors (Lipinski definition) is 4. The van der Waals surface area contributed by atoms with Crippen LogP contribution in [0.3, 0.4) is 0 Å². The van der Waals surface area contributed by atoms with Crippen molar-refractivity contribution in [2.75, 3.05) is 20.1 Å². The number of amides is 1. The molecule has 0 spiro atoms. The summed E-state index contributed by atoms with van der Waals surface area (Å²) in [4.78, 5) is 20.3. The number of carbonyl (C=O) groups is 1. The monoisotopic (exact) mass is 496 g/mol. The minimum atomic E-state index is -0.517. The molecule has 1 amide bonds. The first kappa shape index (κ1) is 24.5. The van der Waals surface area contributed by atoms with E-state index < -0.39 is 11.6 Å². The molecule has 5 nitrogen and oxygen atoms in total. The summed E-state index contributed by atoms with van der Waals surface area (Å²) in [7, 11) is 1.77. The molecule has 0 aliphatic carbocycles. The molecule has 0 saturated carbocycles. The number of nitrogens with one attached hydrogen (secondary N) is 1. The standard InChI is InChI=1S/C30H26F2N4O/c1-18-5-7-22(31)14-25(18)27-16-35-28-8-6-20(21-10-19(15-33)11-23(32)12-21)13-26(28)29(27)30(37)36(2)17-24-4-3-9-34-24/h5-8,10-14,16,24,34H,3-4,9,17H2,1-2H3/t24-/m0/s1. The minimum Gasteiger partial charge on any atom is -0.340 e. The lowest BCUT2D eigenvalue weighted by molar-refractivity contribution is 0.0786. The highest BCUT2D eigenvalue weighted by Crippen LogP contribution is 2.35. The van der Waals surface area contributed by atoms with Gasteiger partial charge in [0.25, 0.3) is 5.91 Å². The van der Waals surface area contributed by atoms with Gasteiger partial charge in [0.15, 0.2) is 0 Å². The second-order valence-electron chi connectivity index (χ2n) is 9.56. The van der Waals surface area contributed by atoms with Crippen molar-refractivity contribution in [3.8, 4) is 28.3 Å². The number of halogens is 2. The molecule has 1 saturated heterocycles. The lowest BCUT2D eigenvalue weighted by atomic mass is 9.92. The van der Waals surface area contributed by atoms with E-state index in [1.807, 2.05) is 13.0 Å². The van der Waals surface area contributed by atoms with Gasteiger partial charge in [-0.3, -0.25) is 9.78 Å². The van der Waals surface area contributed by atoms with Crippen LogP contribution in [0.15, 0.2) is 60.8 Å². The third kappa shape index (κ3) is 4.93. The molecular formula is C30H26F2N4O. The summed E-state index contributed by atoms with van der Waals surface area (Å²) >= 11 is 0. The first-order valence-corrected chi connectivity index (χ1v) is 12.2. The number of hydrogen-bond donors (Lipinski definition) is 1. The highest BCUT2D eigenvalue weighted by Gasteiger charge is 2.25. The minimum absolute atomic E-state index is 0.200. The number of aryl methyl sites for hydroxylation is 1. The zero-order chi connectivity index (χ0) is 26.1. The van der Waals surface area contributed by atoms with Crippen molar-refractivity contribution in [2.45, 2.75) is 25.8 Å². The third-order valence-electron chi connectivity index (χ3n) is 6.94. The Morgan fingerprint density at radius 3 is 2.68 bits per heavy atom. The Labute approximate surface area is 214 Å². The van der Waals surface area contributed by atoms with Crippen molar-refractivity contribution in [3.63, 3.8) is 0 Å². The lowest BCUT2D eigenvalue weighted by Crippen LogP contribution is -2.39. The number of likely N-dealkylation sites (N-methyl/N-ethyl adjacent to an activating group) is 1. The molecule has 7 heteroatoms. The molecule has 1 atom stereocenters. The van der Waals surface area contributed by atoms with E-state index in [1.54, 1.807) is 48.5 Å². The molecule has 1 N–H and O–H groups in total. The topological polar surface area (TPSA) is 69.0 Å². The van der Waals surface area contributed by atoms with E-state index in [0.717, 1.165) is 24.9 Å². The smallest absolute Gasteiger partial charge is 0.255 e. The molecule has 1 aliphatic heterocycles. The van der Waals surface area contributed by atoms with Crippen LogP contribution in [0.5, 0.6) is 0 Å². The van der Waals surface area contributed by atoms with Gasteiger partial charge in [-0.05, 0) is 91.0 Å². The van der Waals surface area contributed by atoms with Crippen molar-refractivity contribution in [1.29, 1.82) is 5.26 Å². The molecular weight excluding hydrogens is 470 g/mol. The Hall–Kier alpha value is -4.15. The predicted molar refractivity (Wildman–Crippen MR) is 140 cm³/mol. The van der Waals surface area contributed by atoms with Gasteiger partial charge in [-0.2, -0.15) is 5.26 Å². The Balaban J connectivity index is 1.72. The normalized spacial score (nSPS) is 15.1. The summed E-state index contributed by atoms with van der Waals surface area (Å²) in [6, 6.07) is 16.2. The maximum Gasteiger partial charge on any atom is 0.255 e. The Bertz CT molecular complexity index is 1550.